The average molecular weight is 398 g/mol. The van der Waals surface area contributed by atoms with E-state index < -0.39 is 21.7 Å². The van der Waals surface area contributed by atoms with Crippen molar-refractivity contribution in [3.8, 4) is 0 Å². The number of sulfonamides is 1. The second kappa shape index (κ2) is 7.77. The number of carbonyl (C=O) groups is 1. The van der Waals surface area contributed by atoms with Gasteiger partial charge in [0, 0.05) is 26.1 Å². The molecule has 6 nitrogen and oxygen atoms in total. The Morgan fingerprint density at radius 1 is 1.22 bits per heavy atom. The van der Waals surface area contributed by atoms with Crippen molar-refractivity contribution >= 4 is 15.9 Å². The Bertz CT molecular complexity index is 907. The third kappa shape index (κ3) is 4.19. The SMILES string of the molecule is CN(Cc1ccco1)C(=O)C1CCN(S(=O)(=O)c2ccc(F)c(F)c2)CC1. The van der Waals surface area contributed by atoms with Gasteiger partial charge >= 0.3 is 0 Å². The molecule has 3 rings (SSSR count). The molecule has 1 aliphatic heterocycles. The molecule has 1 saturated heterocycles. The fourth-order valence-corrected chi connectivity index (χ4v) is 4.64. The lowest BCUT2D eigenvalue weighted by Crippen LogP contribution is -2.43. The molecular formula is C18H20F2N2O4S. The summed E-state index contributed by atoms with van der Waals surface area (Å²) in [6.07, 6.45) is 2.27. The highest BCUT2D eigenvalue weighted by Crippen LogP contribution is 2.26. The van der Waals surface area contributed by atoms with Crippen molar-refractivity contribution in [3.63, 3.8) is 0 Å². The number of hydrogen-bond donors (Lipinski definition) is 0. The van der Waals surface area contributed by atoms with Crippen molar-refractivity contribution < 1.29 is 26.4 Å². The first-order chi connectivity index (χ1) is 12.8. The van der Waals surface area contributed by atoms with Gasteiger partial charge in [-0.3, -0.25) is 4.79 Å². The maximum Gasteiger partial charge on any atom is 0.243 e. The Labute approximate surface area is 156 Å². The van der Waals surface area contributed by atoms with Crippen molar-refractivity contribution in [1.82, 2.24) is 9.21 Å². The summed E-state index contributed by atoms with van der Waals surface area (Å²) in [6.45, 7) is 0.637. The Kier molecular flexibility index (Phi) is 5.61. The Balaban J connectivity index is 1.62. The van der Waals surface area contributed by atoms with Crippen LogP contribution in [0, 0.1) is 17.6 Å². The van der Waals surface area contributed by atoms with Gasteiger partial charge in [0.05, 0.1) is 17.7 Å². The topological polar surface area (TPSA) is 70.8 Å². The first-order valence-corrected chi connectivity index (χ1v) is 9.95. The molecule has 0 unspecified atom stereocenters. The van der Waals surface area contributed by atoms with Crippen LogP contribution in [-0.2, 0) is 21.4 Å². The third-order valence-electron chi connectivity index (χ3n) is 4.68. The van der Waals surface area contributed by atoms with Crippen LogP contribution in [0.4, 0.5) is 8.78 Å². The molecule has 0 spiro atoms. The van der Waals surface area contributed by atoms with Gasteiger partial charge in [-0.05, 0) is 43.2 Å². The summed E-state index contributed by atoms with van der Waals surface area (Å²) in [7, 11) is -2.25. The van der Waals surface area contributed by atoms with Crippen LogP contribution in [0.3, 0.4) is 0 Å². The van der Waals surface area contributed by atoms with Crippen molar-refractivity contribution in [3.05, 3.63) is 54.0 Å². The molecular weight excluding hydrogens is 378 g/mol. The number of benzene rings is 1. The van der Waals surface area contributed by atoms with E-state index in [9.17, 15) is 22.0 Å². The van der Waals surface area contributed by atoms with E-state index in [0.29, 0.717) is 31.2 Å². The Morgan fingerprint density at radius 2 is 1.93 bits per heavy atom. The van der Waals surface area contributed by atoms with Crippen molar-refractivity contribution in [2.45, 2.75) is 24.3 Å². The van der Waals surface area contributed by atoms with E-state index in [4.69, 9.17) is 4.42 Å². The van der Waals surface area contributed by atoms with E-state index in [0.717, 1.165) is 12.1 Å². The Morgan fingerprint density at radius 3 is 2.52 bits per heavy atom. The van der Waals surface area contributed by atoms with Gasteiger partial charge in [0.25, 0.3) is 0 Å². The van der Waals surface area contributed by atoms with Crippen molar-refractivity contribution in [2.75, 3.05) is 20.1 Å². The van der Waals surface area contributed by atoms with Crippen LogP contribution in [0.25, 0.3) is 0 Å². The molecule has 0 radical (unpaired) electrons. The first kappa shape index (κ1) is 19.5. The van der Waals surface area contributed by atoms with Gasteiger partial charge in [0.2, 0.25) is 15.9 Å². The summed E-state index contributed by atoms with van der Waals surface area (Å²) < 4.78 is 58.1. The van der Waals surface area contributed by atoms with Crippen LogP contribution < -0.4 is 0 Å². The highest BCUT2D eigenvalue weighted by Gasteiger charge is 2.33. The van der Waals surface area contributed by atoms with Crippen LogP contribution in [0.15, 0.2) is 45.9 Å². The number of amides is 1. The zero-order valence-corrected chi connectivity index (χ0v) is 15.6. The number of nitrogens with zero attached hydrogens (tertiary/aromatic N) is 2. The number of hydrogen-bond acceptors (Lipinski definition) is 4. The van der Waals surface area contributed by atoms with Crippen LogP contribution in [0.5, 0.6) is 0 Å². The maximum absolute atomic E-state index is 13.4. The first-order valence-electron chi connectivity index (χ1n) is 8.51. The fourth-order valence-electron chi connectivity index (χ4n) is 3.16. The molecule has 9 heteroatoms. The largest absolute Gasteiger partial charge is 0.467 e. The van der Waals surface area contributed by atoms with Crippen LogP contribution >= 0.6 is 0 Å². The second-order valence-electron chi connectivity index (χ2n) is 6.53. The predicted molar refractivity (Wildman–Crippen MR) is 93.0 cm³/mol. The molecule has 0 aliphatic carbocycles. The highest BCUT2D eigenvalue weighted by atomic mass is 32.2. The van der Waals surface area contributed by atoms with Gasteiger partial charge in [-0.2, -0.15) is 4.31 Å². The van der Waals surface area contributed by atoms with Gasteiger partial charge in [-0.15, -0.1) is 0 Å². The molecule has 0 N–H and O–H groups in total. The van der Waals surface area contributed by atoms with Gasteiger partial charge in [0.15, 0.2) is 11.6 Å². The molecule has 1 aromatic heterocycles. The molecule has 146 valence electrons. The maximum atomic E-state index is 13.4. The van der Waals surface area contributed by atoms with Gasteiger partial charge < -0.3 is 9.32 Å². The number of halogens is 2. The third-order valence-corrected chi connectivity index (χ3v) is 6.58. The summed E-state index contributed by atoms with van der Waals surface area (Å²) in [5, 5.41) is 0. The van der Waals surface area contributed by atoms with E-state index in [-0.39, 0.29) is 29.8 Å². The molecule has 1 fully saturated rings. The van der Waals surface area contributed by atoms with E-state index >= 15 is 0 Å². The molecule has 27 heavy (non-hydrogen) atoms. The summed E-state index contributed by atoms with van der Waals surface area (Å²) in [4.78, 5) is 13.8. The average Bonchev–Trinajstić information content (AvgIpc) is 3.16. The number of piperidine rings is 1. The van der Waals surface area contributed by atoms with E-state index in [1.165, 1.54) is 10.6 Å². The standard InChI is InChI=1S/C18H20F2N2O4S/c1-21(12-14-3-2-10-26-14)18(23)13-6-8-22(9-7-13)27(24,25)15-4-5-16(19)17(20)11-15/h2-5,10-11,13H,6-9,12H2,1H3. The molecule has 2 aromatic rings. The number of carbonyl (C=O) groups excluding carboxylic acids is 1. The lowest BCUT2D eigenvalue weighted by atomic mass is 9.96. The van der Waals surface area contributed by atoms with E-state index in [2.05, 4.69) is 0 Å². The van der Waals surface area contributed by atoms with E-state index in [1.54, 1.807) is 24.1 Å². The van der Waals surface area contributed by atoms with E-state index in [1.807, 2.05) is 0 Å². The van der Waals surface area contributed by atoms with Crippen molar-refractivity contribution in [2.24, 2.45) is 5.92 Å². The molecule has 0 saturated carbocycles. The summed E-state index contributed by atoms with van der Waals surface area (Å²) in [5.74, 6) is -2.00. The van der Waals surface area contributed by atoms with Gasteiger partial charge in [-0.1, -0.05) is 0 Å². The molecule has 1 amide bonds. The van der Waals surface area contributed by atoms with Gasteiger partial charge in [0.1, 0.15) is 5.76 Å². The zero-order valence-electron chi connectivity index (χ0n) is 14.8. The normalized spacial score (nSPS) is 16.4. The summed E-state index contributed by atoms with van der Waals surface area (Å²) >= 11 is 0. The van der Waals surface area contributed by atoms with Crippen molar-refractivity contribution in [1.29, 1.82) is 0 Å². The Hall–Kier alpha value is -2.26. The summed E-state index contributed by atoms with van der Waals surface area (Å²) in [6, 6.07) is 6.04. The van der Waals surface area contributed by atoms with Crippen LogP contribution in [0.1, 0.15) is 18.6 Å². The summed E-state index contributed by atoms with van der Waals surface area (Å²) in [5.41, 5.74) is 0. The fraction of sp³-hybridized carbons (Fsp3) is 0.389. The quantitative estimate of drug-likeness (QED) is 0.776. The second-order valence-corrected chi connectivity index (χ2v) is 8.47. The van der Waals surface area contributed by atoms with Crippen LogP contribution in [-0.4, -0.2) is 43.7 Å². The minimum Gasteiger partial charge on any atom is -0.467 e. The minimum atomic E-state index is -3.92. The lowest BCUT2D eigenvalue weighted by Gasteiger charge is -2.32. The molecule has 0 atom stereocenters. The predicted octanol–water partition coefficient (Wildman–Crippen LogP) is 2.62. The number of furan rings is 1. The van der Waals surface area contributed by atoms with Gasteiger partial charge in [-0.25, -0.2) is 17.2 Å². The van der Waals surface area contributed by atoms with Crippen LogP contribution in [0.2, 0.25) is 0 Å². The highest BCUT2D eigenvalue weighted by molar-refractivity contribution is 7.89. The lowest BCUT2D eigenvalue weighted by molar-refractivity contribution is -0.136. The molecule has 2 heterocycles. The molecule has 0 bridgehead atoms. The smallest absolute Gasteiger partial charge is 0.243 e. The monoisotopic (exact) mass is 398 g/mol. The minimum absolute atomic E-state index is 0.0729. The molecule has 1 aliphatic rings. The molecule has 1 aromatic carbocycles. The number of rotatable bonds is 5. The zero-order chi connectivity index (χ0) is 19.6.